The Morgan fingerprint density at radius 2 is 1.71 bits per heavy atom. The fraction of sp³-hybridized carbons (Fsp3) is 0.481. The summed E-state index contributed by atoms with van der Waals surface area (Å²) >= 11 is 0. The van der Waals surface area contributed by atoms with Crippen LogP contribution in [-0.2, 0) is 11.8 Å². The molecular weight excluding hydrogens is 455 g/mol. The van der Waals surface area contributed by atoms with Gasteiger partial charge < -0.3 is 10.4 Å². The summed E-state index contributed by atoms with van der Waals surface area (Å²) in [5.74, 6) is 0.867. The molecule has 1 aromatic heterocycles. The maximum Gasteiger partial charge on any atom is 0.416 e. The molecule has 0 aliphatic heterocycles. The molecular formula is C27H32F3N3O2. The minimum atomic E-state index is -4.47. The summed E-state index contributed by atoms with van der Waals surface area (Å²) in [6.07, 6.45) is 1.96. The molecule has 188 valence electrons. The van der Waals surface area contributed by atoms with Crippen LogP contribution in [0.4, 0.5) is 18.9 Å². The quantitative estimate of drug-likeness (QED) is 0.410. The number of amides is 1. The number of carbonyl (C=O) groups is 1. The second kappa shape index (κ2) is 9.30. The Balaban J connectivity index is 1.61. The fourth-order valence-corrected chi connectivity index (χ4v) is 4.93. The van der Waals surface area contributed by atoms with E-state index in [1.807, 2.05) is 10.9 Å². The smallest absolute Gasteiger partial charge is 0.386 e. The molecule has 4 rings (SSSR count). The molecule has 0 atom stereocenters. The topological polar surface area (TPSA) is 67.2 Å². The molecule has 1 heterocycles. The van der Waals surface area contributed by atoms with Gasteiger partial charge in [0.2, 0.25) is 0 Å². The normalized spacial score (nSPS) is 19.3. The lowest BCUT2D eigenvalue weighted by atomic mass is 9.80. The zero-order chi connectivity index (χ0) is 25.5. The molecule has 0 spiro atoms. The summed E-state index contributed by atoms with van der Waals surface area (Å²) in [5.41, 5.74) is -0.381. The molecule has 35 heavy (non-hydrogen) atoms. The van der Waals surface area contributed by atoms with E-state index in [9.17, 15) is 23.1 Å². The van der Waals surface area contributed by atoms with Crippen molar-refractivity contribution < 1.29 is 23.1 Å². The van der Waals surface area contributed by atoms with Crippen LogP contribution >= 0.6 is 0 Å². The lowest BCUT2D eigenvalue weighted by Gasteiger charge is -2.30. The molecule has 5 nitrogen and oxygen atoms in total. The van der Waals surface area contributed by atoms with E-state index in [0.717, 1.165) is 53.9 Å². The molecule has 0 radical (unpaired) electrons. The van der Waals surface area contributed by atoms with Gasteiger partial charge in [-0.25, -0.2) is 0 Å². The standard InChI is InChI=1S/C27H32F3N3O2/c1-16(2)17-7-11-21(12-8-17)33-15-19-13-24(22(26(3,4)35)14-23(19)32-33)31-25(34)18-5-9-20(10-6-18)27(28,29)30/h5-6,9-10,13-17,21,35H,7-8,11-12H2,1-4H3,(H,31,34)/t17-,21-. The van der Waals surface area contributed by atoms with E-state index in [2.05, 4.69) is 19.2 Å². The number of halogens is 3. The number of hydrogen-bond acceptors (Lipinski definition) is 3. The van der Waals surface area contributed by atoms with Crippen LogP contribution < -0.4 is 5.32 Å². The number of nitrogens with one attached hydrogen (secondary N) is 1. The second-order valence-electron chi connectivity index (χ2n) is 10.5. The Morgan fingerprint density at radius 1 is 1.09 bits per heavy atom. The first-order chi connectivity index (χ1) is 16.3. The van der Waals surface area contributed by atoms with Crippen molar-refractivity contribution in [1.82, 2.24) is 9.78 Å². The van der Waals surface area contributed by atoms with Gasteiger partial charge in [-0.3, -0.25) is 9.48 Å². The van der Waals surface area contributed by atoms with E-state index >= 15 is 0 Å². The van der Waals surface area contributed by atoms with E-state index in [1.165, 1.54) is 12.8 Å². The van der Waals surface area contributed by atoms with Gasteiger partial charge in [-0.1, -0.05) is 13.8 Å². The van der Waals surface area contributed by atoms with Crippen molar-refractivity contribution in [2.24, 2.45) is 11.8 Å². The highest BCUT2D eigenvalue weighted by atomic mass is 19.4. The van der Waals surface area contributed by atoms with Gasteiger partial charge in [0, 0.05) is 28.4 Å². The predicted octanol–water partition coefficient (Wildman–Crippen LogP) is 6.92. The third kappa shape index (κ3) is 5.53. The van der Waals surface area contributed by atoms with Crippen molar-refractivity contribution in [3.05, 3.63) is 59.3 Å². The summed E-state index contributed by atoms with van der Waals surface area (Å²) in [5, 5.41) is 19.1. The van der Waals surface area contributed by atoms with Crippen molar-refractivity contribution in [3.63, 3.8) is 0 Å². The third-order valence-electron chi connectivity index (χ3n) is 7.10. The van der Waals surface area contributed by atoms with E-state index in [-0.39, 0.29) is 5.56 Å². The number of benzene rings is 2. The van der Waals surface area contributed by atoms with Gasteiger partial charge >= 0.3 is 6.18 Å². The number of aliphatic hydroxyl groups is 1. The molecule has 0 unspecified atom stereocenters. The van der Waals surface area contributed by atoms with Gasteiger partial charge in [-0.2, -0.15) is 18.3 Å². The predicted molar refractivity (Wildman–Crippen MR) is 130 cm³/mol. The number of alkyl halides is 3. The SMILES string of the molecule is CC(C)[C@H]1CC[C@H](n2cc3cc(NC(=O)c4ccc(C(F)(F)F)cc4)c(C(C)(C)O)cc3n2)CC1. The highest BCUT2D eigenvalue weighted by Crippen LogP contribution is 2.37. The molecule has 1 saturated carbocycles. The van der Waals surface area contributed by atoms with Gasteiger partial charge in [-0.05, 0) is 87.8 Å². The Bertz CT molecular complexity index is 1200. The number of carbonyl (C=O) groups excluding carboxylic acids is 1. The first-order valence-corrected chi connectivity index (χ1v) is 12.1. The molecule has 1 amide bonds. The molecule has 1 aliphatic carbocycles. The van der Waals surface area contributed by atoms with E-state index < -0.39 is 23.2 Å². The van der Waals surface area contributed by atoms with E-state index in [4.69, 9.17) is 5.10 Å². The summed E-state index contributed by atoms with van der Waals surface area (Å²) in [7, 11) is 0. The maximum atomic E-state index is 12.9. The Labute approximate surface area is 203 Å². The number of anilines is 1. The van der Waals surface area contributed by atoms with E-state index in [1.54, 1.807) is 26.0 Å². The summed E-state index contributed by atoms with van der Waals surface area (Å²) < 4.78 is 40.6. The zero-order valence-electron chi connectivity index (χ0n) is 20.5. The average molecular weight is 488 g/mol. The van der Waals surface area contributed by atoms with Crippen molar-refractivity contribution in [1.29, 1.82) is 0 Å². The number of hydrogen-bond donors (Lipinski definition) is 2. The lowest BCUT2D eigenvalue weighted by Crippen LogP contribution is -2.21. The monoisotopic (exact) mass is 487 g/mol. The first kappa shape index (κ1) is 25.2. The van der Waals surface area contributed by atoms with Crippen LogP contribution in [0, 0.1) is 11.8 Å². The van der Waals surface area contributed by atoms with Crippen LogP contribution in [-0.4, -0.2) is 20.8 Å². The molecule has 1 aliphatic rings. The number of aromatic nitrogens is 2. The number of fused-ring (bicyclic) bond motifs is 1. The maximum absolute atomic E-state index is 12.9. The van der Waals surface area contributed by atoms with Crippen LogP contribution in [0.25, 0.3) is 10.9 Å². The highest BCUT2D eigenvalue weighted by molar-refractivity contribution is 6.05. The van der Waals surface area contributed by atoms with Gasteiger partial charge in [0.15, 0.2) is 0 Å². The van der Waals surface area contributed by atoms with Gasteiger partial charge in [-0.15, -0.1) is 0 Å². The minimum absolute atomic E-state index is 0.0948. The number of nitrogens with zero attached hydrogens (tertiary/aromatic N) is 2. The Morgan fingerprint density at radius 3 is 2.26 bits per heavy atom. The third-order valence-corrected chi connectivity index (χ3v) is 7.10. The van der Waals surface area contributed by atoms with Crippen LogP contribution in [0.2, 0.25) is 0 Å². The average Bonchev–Trinajstić information content (AvgIpc) is 3.20. The molecule has 3 aromatic rings. The number of rotatable bonds is 5. The zero-order valence-corrected chi connectivity index (χ0v) is 20.5. The second-order valence-corrected chi connectivity index (χ2v) is 10.5. The van der Waals surface area contributed by atoms with Gasteiger partial charge in [0.1, 0.15) is 0 Å². The molecule has 1 fully saturated rings. The van der Waals surface area contributed by atoms with Gasteiger partial charge in [0.25, 0.3) is 5.91 Å². The van der Waals surface area contributed by atoms with E-state index in [0.29, 0.717) is 23.2 Å². The fourth-order valence-electron chi connectivity index (χ4n) is 4.93. The van der Waals surface area contributed by atoms with Crippen molar-refractivity contribution in [2.45, 2.75) is 71.2 Å². The molecule has 0 bridgehead atoms. The Hall–Kier alpha value is -2.87. The summed E-state index contributed by atoms with van der Waals surface area (Å²) in [6.45, 7) is 7.77. The lowest BCUT2D eigenvalue weighted by molar-refractivity contribution is -0.137. The van der Waals surface area contributed by atoms with Crippen molar-refractivity contribution in [3.8, 4) is 0 Å². The molecule has 0 saturated heterocycles. The minimum Gasteiger partial charge on any atom is -0.386 e. The van der Waals surface area contributed by atoms with Crippen LogP contribution in [0.15, 0.2) is 42.6 Å². The van der Waals surface area contributed by atoms with Crippen LogP contribution in [0.1, 0.15) is 80.9 Å². The van der Waals surface area contributed by atoms with Crippen molar-refractivity contribution >= 4 is 22.5 Å². The highest BCUT2D eigenvalue weighted by Gasteiger charge is 2.30. The van der Waals surface area contributed by atoms with Crippen LogP contribution in [0.3, 0.4) is 0 Å². The summed E-state index contributed by atoms with van der Waals surface area (Å²) in [6, 6.07) is 7.91. The Kier molecular flexibility index (Phi) is 6.70. The first-order valence-electron chi connectivity index (χ1n) is 12.1. The molecule has 2 aromatic carbocycles. The van der Waals surface area contributed by atoms with Gasteiger partial charge in [0.05, 0.1) is 22.7 Å². The molecule has 2 N–H and O–H groups in total. The molecule has 8 heteroatoms. The van der Waals surface area contributed by atoms with Crippen molar-refractivity contribution in [2.75, 3.05) is 5.32 Å². The largest absolute Gasteiger partial charge is 0.416 e. The summed E-state index contributed by atoms with van der Waals surface area (Å²) in [4.78, 5) is 12.8. The van der Waals surface area contributed by atoms with Crippen LogP contribution in [0.5, 0.6) is 0 Å².